The molecule has 0 aliphatic carbocycles. The van der Waals surface area contributed by atoms with Crippen LogP contribution in [0.4, 0.5) is 5.69 Å². The van der Waals surface area contributed by atoms with E-state index < -0.39 is 10.8 Å². The molecule has 0 bridgehead atoms. The lowest BCUT2D eigenvalue weighted by Crippen LogP contribution is -2.99. The Morgan fingerprint density at radius 2 is 1.77 bits per heavy atom. The number of nitrogens with one attached hydrogen (secondary N) is 2. The molecule has 3 N–H and O–H groups in total. The molecule has 0 radical (unpaired) electrons. The Morgan fingerprint density at radius 1 is 1.14 bits per heavy atom. The zero-order valence-corrected chi connectivity index (χ0v) is 11.9. The van der Waals surface area contributed by atoms with Crippen LogP contribution in [0.1, 0.15) is 18.1 Å². The SMILES string of the molecule is C[C@]1(c2ccccc2)N=C(c2ccc([NH+]([O-])O)cc2)NC1=O. The van der Waals surface area contributed by atoms with E-state index >= 15 is 0 Å². The van der Waals surface area contributed by atoms with Gasteiger partial charge in [-0.3, -0.25) is 4.79 Å². The predicted molar refractivity (Wildman–Crippen MR) is 80.7 cm³/mol. The normalized spacial score (nSPS) is 22.1. The van der Waals surface area contributed by atoms with E-state index in [0.29, 0.717) is 11.4 Å². The number of rotatable bonds is 3. The van der Waals surface area contributed by atoms with Crippen molar-refractivity contribution in [3.05, 3.63) is 70.9 Å². The quantitative estimate of drug-likeness (QED) is 0.735. The summed E-state index contributed by atoms with van der Waals surface area (Å²) in [5.41, 5.74) is 0.712. The summed E-state index contributed by atoms with van der Waals surface area (Å²) < 4.78 is 0. The first-order valence-corrected chi connectivity index (χ1v) is 6.81. The Labute approximate surface area is 127 Å². The lowest BCUT2D eigenvalue weighted by atomic mass is 9.93. The maximum atomic E-state index is 12.3. The molecule has 1 aliphatic rings. The molecule has 1 aliphatic heterocycles. The molecular formula is C16H15N3O3. The fourth-order valence-electron chi connectivity index (χ4n) is 2.40. The number of amides is 1. The number of benzene rings is 2. The number of amidine groups is 1. The molecule has 112 valence electrons. The first kappa shape index (κ1) is 14.4. The van der Waals surface area contributed by atoms with Gasteiger partial charge in [0.15, 0.2) is 11.2 Å². The van der Waals surface area contributed by atoms with Crippen LogP contribution < -0.4 is 10.5 Å². The summed E-state index contributed by atoms with van der Waals surface area (Å²) in [4.78, 5) is 16.9. The Kier molecular flexibility index (Phi) is 3.50. The van der Waals surface area contributed by atoms with Crippen molar-refractivity contribution in [3.63, 3.8) is 0 Å². The van der Waals surface area contributed by atoms with Gasteiger partial charge in [0.1, 0.15) is 5.84 Å². The van der Waals surface area contributed by atoms with Crippen LogP contribution in [-0.4, -0.2) is 17.0 Å². The van der Waals surface area contributed by atoms with E-state index in [1.807, 2.05) is 30.3 Å². The molecule has 0 saturated heterocycles. The standard InChI is InChI=1S/C16H15N3O3/c1-16(12-5-3-2-4-6-12)15(20)17-14(18-16)11-7-9-13(10-8-11)19(21)22/h2-10,19,21H,1H3,(H,17,18,20)/t16-/m1/s1. The molecule has 0 spiro atoms. The fraction of sp³-hybridized carbons (Fsp3) is 0.125. The summed E-state index contributed by atoms with van der Waals surface area (Å²) in [7, 11) is 0. The molecule has 6 nitrogen and oxygen atoms in total. The lowest BCUT2D eigenvalue weighted by Gasteiger charge is -2.17. The third-order valence-corrected chi connectivity index (χ3v) is 3.75. The van der Waals surface area contributed by atoms with Crippen molar-refractivity contribution in [1.82, 2.24) is 5.32 Å². The van der Waals surface area contributed by atoms with Crippen LogP contribution in [0, 0.1) is 5.21 Å². The molecule has 1 heterocycles. The van der Waals surface area contributed by atoms with Gasteiger partial charge in [-0.05, 0) is 24.6 Å². The highest BCUT2D eigenvalue weighted by molar-refractivity contribution is 6.15. The van der Waals surface area contributed by atoms with Crippen LogP contribution in [0.5, 0.6) is 0 Å². The fourth-order valence-corrected chi connectivity index (χ4v) is 2.40. The molecule has 22 heavy (non-hydrogen) atoms. The third-order valence-electron chi connectivity index (χ3n) is 3.75. The van der Waals surface area contributed by atoms with Gasteiger partial charge in [0.2, 0.25) is 0 Å². The van der Waals surface area contributed by atoms with Gasteiger partial charge < -0.3 is 10.5 Å². The summed E-state index contributed by atoms with van der Waals surface area (Å²) in [5.74, 6) is 0.254. The highest BCUT2D eigenvalue weighted by Crippen LogP contribution is 2.30. The maximum Gasteiger partial charge on any atom is 0.257 e. The highest BCUT2D eigenvalue weighted by atomic mass is 16.8. The molecule has 0 saturated carbocycles. The van der Waals surface area contributed by atoms with E-state index in [2.05, 4.69) is 10.3 Å². The zero-order chi connectivity index (χ0) is 15.7. The number of hydrogen-bond donors (Lipinski definition) is 3. The lowest BCUT2D eigenvalue weighted by molar-refractivity contribution is -0.991. The average molecular weight is 297 g/mol. The monoisotopic (exact) mass is 297 g/mol. The maximum absolute atomic E-state index is 12.3. The molecule has 3 rings (SSSR count). The molecule has 1 unspecified atom stereocenters. The molecule has 1 amide bonds. The molecule has 2 atom stereocenters. The Hall–Kier alpha value is -2.54. The second kappa shape index (κ2) is 5.34. The van der Waals surface area contributed by atoms with E-state index in [-0.39, 0.29) is 11.6 Å². The Bertz CT molecular complexity index is 726. The molecule has 0 aromatic heterocycles. The van der Waals surface area contributed by atoms with Crippen molar-refractivity contribution >= 4 is 17.4 Å². The van der Waals surface area contributed by atoms with Gasteiger partial charge in [-0.25, -0.2) is 10.2 Å². The number of aliphatic imine (C=N–C) groups is 1. The molecular weight excluding hydrogens is 282 g/mol. The van der Waals surface area contributed by atoms with Crippen molar-refractivity contribution < 1.29 is 15.2 Å². The van der Waals surface area contributed by atoms with Crippen molar-refractivity contribution in [2.45, 2.75) is 12.5 Å². The van der Waals surface area contributed by atoms with Gasteiger partial charge in [-0.2, -0.15) is 5.23 Å². The van der Waals surface area contributed by atoms with E-state index in [1.54, 1.807) is 19.1 Å². The van der Waals surface area contributed by atoms with E-state index in [4.69, 9.17) is 5.21 Å². The molecule has 2 aromatic carbocycles. The van der Waals surface area contributed by atoms with Gasteiger partial charge in [0, 0.05) is 17.7 Å². The van der Waals surface area contributed by atoms with Crippen molar-refractivity contribution in [2.24, 2.45) is 4.99 Å². The second-order valence-electron chi connectivity index (χ2n) is 5.24. The van der Waals surface area contributed by atoms with Crippen LogP contribution in [0.25, 0.3) is 0 Å². The van der Waals surface area contributed by atoms with Crippen LogP contribution in [0.15, 0.2) is 59.6 Å². The van der Waals surface area contributed by atoms with Crippen molar-refractivity contribution in [3.8, 4) is 0 Å². The Balaban J connectivity index is 1.96. The Morgan fingerprint density at radius 3 is 2.36 bits per heavy atom. The number of nitrogens with zero attached hydrogens (tertiary/aromatic N) is 1. The largest absolute Gasteiger partial charge is 0.595 e. The zero-order valence-electron chi connectivity index (χ0n) is 11.9. The van der Waals surface area contributed by atoms with Gasteiger partial charge in [-0.1, -0.05) is 30.3 Å². The smallest absolute Gasteiger partial charge is 0.257 e. The number of carbonyl (C=O) groups excluding carboxylic acids is 1. The number of carbonyl (C=O) groups is 1. The summed E-state index contributed by atoms with van der Waals surface area (Å²) in [6.07, 6.45) is 0. The van der Waals surface area contributed by atoms with Crippen LogP contribution in [-0.2, 0) is 10.3 Å². The molecule has 6 heteroatoms. The average Bonchev–Trinajstić information content (AvgIpc) is 2.85. The van der Waals surface area contributed by atoms with Gasteiger partial charge >= 0.3 is 0 Å². The predicted octanol–water partition coefficient (Wildman–Crippen LogP) is 0.882. The minimum atomic E-state index is -0.988. The summed E-state index contributed by atoms with van der Waals surface area (Å²) in [6, 6.07) is 15.6. The second-order valence-corrected chi connectivity index (χ2v) is 5.24. The number of hydrogen-bond acceptors (Lipinski definition) is 4. The minimum Gasteiger partial charge on any atom is -0.595 e. The van der Waals surface area contributed by atoms with Crippen LogP contribution >= 0.6 is 0 Å². The summed E-state index contributed by atoms with van der Waals surface area (Å²) >= 11 is 0. The van der Waals surface area contributed by atoms with Crippen LogP contribution in [0.2, 0.25) is 0 Å². The van der Waals surface area contributed by atoms with E-state index in [0.717, 1.165) is 5.56 Å². The van der Waals surface area contributed by atoms with Gasteiger partial charge in [0.25, 0.3) is 5.91 Å². The van der Waals surface area contributed by atoms with Crippen LogP contribution in [0.3, 0.4) is 0 Å². The number of quaternary nitrogens is 1. The van der Waals surface area contributed by atoms with Crippen molar-refractivity contribution in [1.29, 1.82) is 0 Å². The topological polar surface area (TPSA) is 89.2 Å². The third kappa shape index (κ3) is 2.39. The highest BCUT2D eigenvalue weighted by Gasteiger charge is 2.40. The van der Waals surface area contributed by atoms with Gasteiger partial charge in [-0.15, -0.1) is 0 Å². The first-order chi connectivity index (χ1) is 10.5. The van der Waals surface area contributed by atoms with Gasteiger partial charge in [0.05, 0.1) is 0 Å². The summed E-state index contributed by atoms with van der Waals surface area (Å²) in [6.45, 7) is 1.76. The minimum absolute atomic E-state index is 0.194. The first-order valence-electron chi connectivity index (χ1n) is 6.81. The van der Waals surface area contributed by atoms with Crippen molar-refractivity contribution in [2.75, 3.05) is 0 Å². The molecule has 2 aromatic rings. The molecule has 0 fully saturated rings. The van der Waals surface area contributed by atoms with E-state index in [1.165, 1.54) is 12.1 Å². The summed E-state index contributed by atoms with van der Waals surface area (Å²) in [5, 5.41) is 21.6. The van der Waals surface area contributed by atoms with E-state index in [9.17, 15) is 10.0 Å².